The molecule has 21 heavy (non-hydrogen) atoms. The van der Waals surface area contributed by atoms with Crippen molar-refractivity contribution >= 4 is 23.2 Å². The van der Waals surface area contributed by atoms with Gasteiger partial charge in [0.2, 0.25) is 0 Å². The lowest BCUT2D eigenvalue weighted by Crippen LogP contribution is -2.53. The van der Waals surface area contributed by atoms with Crippen molar-refractivity contribution in [3.63, 3.8) is 0 Å². The summed E-state index contributed by atoms with van der Waals surface area (Å²) in [5.41, 5.74) is 6.46. The minimum Gasteiger partial charge on any atom is -0.496 e. The second-order valence-electron chi connectivity index (χ2n) is 4.92. The molecule has 7 heteroatoms. The SMILES string of the molecule is COc1cc(N)c(Cl)cc1C(=O)N[C@H]1CCNC[C@@H]1OC. The van der Waals surface area contributed by atoms with Gasteiger partial charge in [-0.25, -0.2) is 0 Å². The van der Waals surface area contributed by atoms with Crippen molar-refractivity contribution < 1.29 is 14.3 Å². The Kier molecular flexibility index (Phi) is 5.27. The zero-order chi connectivity index (χ0) is 15.4. The van der Waals surface area contributed by atoms with Gasteiger partial charge in [0.25, 0.3) is 5.91 Å². The van der Waals surface area contributed by atoms with Gasteiger partial charge in [-0.2, -0.15) is 0 Å². The molecular weight excluding hydrogens is 294 g/mol. The van der Waals surface area contributed by atoms with Crippen LogP contribution in [0.4, 0.5) is 5.69 Å². The van der Waals surface area contributed by atoms with Crippen molar-refractivity contribution in [1.29, 1.82) is 0 Å². The van der Waals surface area contributed by atoms with Crippen LogP contribution in [0.1, 0.15) is 16.8 Å². The summed E-state index contributed by atoms with van der Waals surface area (Å²) in [5.74, 6) is 0.153. The van der Waals surface area contributed by atoms with Crippen molar-refractivity contribution in [3.8, 4) is 5.75 Å². The van der Waals surface area contributed by atoms with Crippen LogP contribution in [-0.4, -0.2) is 45.4 Å². The molecule has 1 fully saturated rings. The van der Waals surface area contributed by atoms with E-state index < -0.39 is 0 Å². The third kappa shape index (κ3) is 3.58. The Morgan fingerprint density at radius 2 is 2.24 bits per heavy atom. The topological polar surface area (TPSA) is 85.6 Å². The second-order valence-corrected chi connectivity index (χ2v) is 5.33. The zero-order valence-corrected chi connectivity index (χ0v) is 12.9. The van der Waals surface area contributed by atoms with E-state index in [1.807, 2.05) is 0 Å². The van der Waals surface area contributed by atoms with Crippen LogP contribution in [0, 0.1) is 0 Å². The van der Waals surface area contributed by atoms with Crippen molar-refractivity contribution in [1.82, 2.24) is 10.6 Å². The van der Waals surface area contributed by atoms with Gasteiger partial charge in [0.15, 0.2) is 0 Å². The smallest absolute Gasteiger partial charge is 0.255 e. The highest BCUT2D eigenvalue weighted by Gasteiger charge is 2.27. The molecule has 1 amide bonds. The zero-order valence-electron chi connectivity index (χ0n) is 12.1. The van der Waals surface area contributed by atoms with Gasteiger partial charge in [0, 0.05) is 19.7 Å². The normalized spacial score (nSPS) is 21.9. The molecule has 6 nitrogen and oxygen atoms in total. The van der Waals surface area contributed by atoms with Crippen LogP contribution >= 0.6 is 11.6 Å². The Bertz CT molecular complexity index is 524. The fourth-order valence-corrected chi connectivity index (χ4v) is 2.57. The first-order chi connectivity index (χ1) is 10.1. The van der Waals surface area contributed by atoms with E-state index in [4.69, 9.17) is 26.8 Å². The number of amides is 1. The van der Waals surface area contributed by atoms with E-state index in [-0.39, 0.29) is 18.1 Å². The van der Waals surface area contributed by atoms with Gasteiger partial charge in [-0.15, -0.1) is 0 Å². The highest BCUT2D eigenvalue weighted by Crippen LogP contribution is 2.29. The van der Waals surface area contributed by atoms with Crippen LogP contribution in [0.3, 0.4) is 0 Å². The quantitative estimate of drug-likeness (QED) is 0.723. The number of benzene rings is 1. The molecule has 0 bridgehead atoms. The fourth-order valence-electron chi connectivity index (χ4n) is 2.40. The molecule has 1 aromatic carbocycles. The van der Waals surface area contributed by atoms with E-state index in [1.165, 1.54) is 13.2 Å². The van der Waals surface area contributed by atoms with Crippen molar-refractivity contribution in [2.24, 2.45) is 0 Å². The maximum atomic E-state index is 12.5. The Morgan fingerprint density at radius 3 is 2.90 bits per heavy atom. The number of anilines is 1. The molecule has 2 rings (SSSR count). The number of nitrogens with two attached hydrogens (primary N) is 1. The maximum Gasteiger partial charge on any atom is 0.255 e. The number of ether oxygens (including phenoxy) is 2. The van der Waals surface area contributed by atoms with Crippen LogP contribution in [0.25, 0.3) is 0 Å². The van der Waals surface area contributed by atoms with Gasteiger partial charge in [-0.1, -0.05) is 11.6 Å². The van der Waals surface area contributed by atoms with Crippen LogP contribution in [0.15, 0.2) is 12.1 Å². The molecule has 1 aliphatic heterocycles. The monoisotopic (exact) mass is 313 g/mol. The maximum absolute atomic E-state index is 12.5. The van der Waals surface area contributed by atoms with E-state index in [0.717, 1.165) is 13.0 Å². The predicted molar refractivity (Wildman–Crippen MR) is 82.0 cm³/mol. The summed E-state index contributed by atoms with van der Waals surface area (Å²) in [5, 5.41) is 6.53. The van der Waals surface area contributed by atoms with E-state index in [1.54, 1.807) is 13.2 Å². The molecule has 0 aliphatic carbocycles. The molecule has 116 valence electrons. The second kappa shape index (κ2) is 6.98. The van der Waals surface area contributed by atoms with Crippen LogP contribution in [0.5, 0.6) is 5.75 Å². The molecule has 1 saturated heterocycles. The molecule has 1 aromatic rings. The lowest BCUT2D eigenvalue weighted by Gasteiger charge is -2.31. The lowest BCUT2D eigenvalue weighted by atomic mass is 10.0. The molecule has 0 aromatic heterocycles. The third-order valence-corrected chi connectivity index (χ3v) is 3.94. The van der Waals surface area contributed by atoms with E-state index in [9.17, 15) is 4.79 Å². The molecule has 1 heterocycles. The van der Waals surface area contributed by atoms with Crippen LogP contribution in [-0.2, 0) is 4.74 Å². The molecular formula is C14H20ClN3O3. The van der Waals surface area contributed by atoms with Gasteiger partial charge >= 0.3 is 0 Å². The Morgan fingerprint density at radius 1 is 1.48 bits per heavy atom. The number of halogens is 1. The van der Waals surface area contributed by atoms with Gasteiger partial charge in [-0.05, 0) is 19.0 Å². The van der Waals surface area contributed by atoms with Gasteiger partial charge < -0.3 is 25.8 Å². The average molecular weight is 314 g/mol. The summed E-state index contributed by atoms with van der Waals surface area (Å²) in [6, 6.07) is 3.02. The van der Waals surface area contributed by atoms with Crippen molar-refractivity contribution in [3.05, 3.63) is 22.7 Å². The predicted octanol–water partition coefficient (Wildman–Crippen LogP) is 1.04. The molecule has 0 unspecified atom stereocenters. The van der Waals surface area contributed by atoms with E-state index >= 15 is 0 Å². The van der Waals surface area contributed by atoms with Crippen LogP contribution < -0.4 is 21.1 Å². The highest BCUT2D eigenvalue weighted by atomic mass is 35.5. The summed E-state index contributed by atoms with van der Waals surface area (Å²) in [6.07, 6.45) is 0.743. The van der Waals surface area contributed by atoms with Crippen LogP contribution in [0.2, 0.25) is 5.02 Å². The molecule has 1 aliphatic rings. The number of carbonyl (C=O) groups is 1. The number of methoxy groups -OCH3 is 2. The summed E-state index contributed by atoms with van der Waals surface area (Å²) in [4.78, 5) is 12.5. The number of rotatable bonds is 4. The molecule has 0 radical (unpaired) electrons. The van der Waals surface area contributed by atoms with Gasteiger partial charge in [0.1, 0.15) is 5.75 Å². The first-order valence-electron chi connectivity index (χ1n) is 6.74. The standard InChI is InChI=1S/C14H20ClN3O3/c1-20-12-6-10(16)9(15)5-8(12)14(19)18-11-3-4-17-7-13(11)21-2/h5-6,11,13,17H,3-4,7,16H2,1-2H3,(H,18,19)/t11-,13-/m0/s1. The fraction of sp³-hybridized carbons (Fsp3) is 0.500. The number of carbonyl (C=O) groups excluding carboxylic acids is 1. The van der Waals surface area contributed by atoms with Crippen molar-refractivity contribution in [2.75, 3.05) is 33.0 Å². The average Bonchev–Trinajstić information content (AvgIpc) is 2.50. The van der Waals surface area contributed by atoms with Gasteiger partial charge in [0.05, 0.1) is 35.5 Å². The molecule has 2 atom stereocenters. The largest absolute Gasteiger partial charge is 0.496 e. The van der Waals surface area contributed by atoms with Crippen molar-refractivity contribution in [2.45, 2.75) is 18.6 Å². The van der Waals surface area contributed by atoms with Gasteiger partial charge in [-0.3, -0.25) is 4.79 Å². The first kappa shape index (κ1) is 15.9. The summed E-state index contributed by atoms with van der Waals surface area (Å²) >= 11 is 5.99. The summed E-state index contributed by atoms with van der Waals surface area (Å²) in [7, 11) is 3.12. The number of nitrogens with one attached hydrogen (secondary N) is 2. The molecule has 0 saturated carbocycles. The number of nitrogen functional groups attached to an aromatic ring is 1. The minimum absolute atomic E-state index is 0.0511. The molecule has 4 N–H and O–H groups in total. The number of hydrogen-bond acceptors (Lipinski definition) is 5. The Labute approximate surface area is 128 Å². The molecule has 0 spiro atoms. The third-order valence-electron chi connectivity index (χ3n) is 3.61. The lowest BCUT2D eigenvalue weighted by molar-refractivity contribution is 0.0476. The van der Waals surface area contributed by atoms with E-state index in [2.05, 4.69) is 10.6 Å². The first-order valence-corrected chi connectivity index (χ1v) is 7.12. The summed E-state index contributed by atoms with van der Waals surface area (Å²) < 4.78 is 10.6. The number of piperidine rings is 1. The highest BCUT2D eigenvalue weighted by molar-refractivity contribution is 6.33. The number of hydrogen-bond donors (Lipinski definition) is 3. The Hall–Kier alpha value is -1.50. The minimum atomic E-state index is -0.247. The summed E-state index contributed by atoms with van der Waals surface area (Å²) in [6.45, 7) is 1.55. The van der Waals surface area contributed by atoms with E-state index in [0.29, 0.717) is 28.6 Å². The Balaban J connectivity index is 2.18.